The van der Waals surface area contributed by atoms with Gasteiger partial charge in [0.15, 0.2) is 0 Å². The molecule has 0 N–H and O–H groups in total. The zero-order chi connectivity index (χ0) is 15.6. The Morgan fingerprint density at radius 2 is 1.87 bits per heavy atom. The highest BCUT2D eigenvalue weighted by Gasteiger charge is 2.44. The SMILES string of the molecule is C=CCCc1ccc(C#CC2CC3OC2c2ccccc23)cc1. The fourth-order valence-electron chi connectivity index (χ4n) is 3.57. The maximum Gasteiger partial charge on any atom is 0.0975 e. The second-order valence-corrected chi connectivity index (χ2v) is 6.31. The maximum absolute atomic E-state index is 6.10. The summed E-state index contributed by atoms with van der Waals surface area (Å²) in [7, 11) is 0. The molecule has 3 atom stereocenters. The fourth-order valence-corrected chi connectivity index (χ4v) is 3.57. The number of allylic oxidation sites excluding steroid dienone is 1. The summed E-state index contributed by atoms with van der Waals surface area (Å²) in [4.78, 5) is 0. The van der Waals surface area contributed by atoms with Gasteiger partial charge in [0.1, 0.15) is 0 Å². The van der Waals surface area contributed by atoms with E-state index in [1.54, 1.807) is 0 Å². The molecule has 2 heterocycles. The zero-order valence-electron chi connectivity index (χ0n) is 13.2. The molecule has 2 bridgehead atoms. The Morgan fingerprint density at radius 1 is 1.09 bits per heavy atom. The number of aryl methyl sites for hydroxylation is 1. The van der Waals surface area contributed by atoms with Crippen molar-refractivity contribution in [3.8, 4) is 11.8 Å². The lowest BCUT2D eigenvalue weighted by Gasteiger charge is -2.16. The van der Waals surface area contributed by atoms with E-state index in [1.807, 2.05) is 6.08 Å². The number of hydrogen-bond acceptors (Lipinski definition) is 1. The van der Waals surface area contributed by atoms with Crippen molar-refractivity contribution in [1.82, 2.24) is 0 Å². The monoisotopic (exact) mass is 300 g/mol. The molecule has 0 radical (unpaired) electrons. The molecule has 23 heavy (non-hydrogen) atoms. The van der Waals surface area contributed by atoms with Gasteiger partial charge in [-0.15, -0.1) is 6.58 Å². The van der Waals surface area contributed by atoms with E-state index in [9.17, 15) is 0 Å². The van der Waals surface area contributed by atoms with E-state index in [2.05, 4.69) is 67.0 Å². The van der Waals surface area contributed by atoms with Crippen LogP contribution in [0.1, 0.15) is 47.3 Å². The van der Waals surface area contributed by atoms with E-state index in [4.69, 9.17) is 4.74 Å². The van der Waals surface area contributed by atoms with Gasteiger partial charge in [-0.25, -0.2) is 0 Å². The van der Waals surface area contributed by atoms with Gasteiger partial charge in [-0.3, -0.25) is 0 Å². The predicted octanol–water partition coefficient (Wildman–Crippen LogP) is 4.99. The summed E-state index contributed by atoms with van der Waals surface area (Å²) in [5.74, 6) is 7.09. The molecule has 2 aromatic rings. The first kappa shape index (κ1) is 14.3. The average Bonchev–Trinajstić information content (AvgIpc) is 3.18. The summed E-state index contributed by atoms with van der Waals surface area (Å²) in [6, 6.07) is 17.1. The molecule has 114 valence electrons. The first-order valence-corrected chi connectivity index (χ1v) is 8.31. The summed E-state index contributed by atoms with van der Waals surface area (Å²) >= 11 is 0. The highest BCUT2D eigenvalue weighted by molar-refractivity contribution is 5.42. The number of fused-ring (bicyclic) bond motifs is 5. The summed E-state index contributed by atoms with van der Waals surface area (Å²) in [5.41, 5.74) is 5.13. The molecule has 1 saturated heterocycles. The molecule has 4 rings (SSSR count). The van der Waals surface area contributed by atoms with Gasteiger partial charge in [0, 0.05) is 5.56 Å². The minimum atomic E-state index is 0.163. The Morgan fingerprint density at radius 3 is 2.65 bits per heavy atom. The summed E-state index contributed by atoms with van der Waals surface area (Å²) in [5, 5.41) is 0. The Hall–Kier alpha value is -2.30. The smallest absolute Gasteiger partial charge is 0.0975 e. The van der Waals surface area contributed by atoms with Crippen molar-refractivity contribution < 1.29 is 4.74 Å². The minimum absolute atomic E-state index is 0.163. The van der Waals surface area contributed by atoms with Gasteiger partial charge in [0.25, 0.3) is 0 Å². The van der Waals surface area contributed by atoms with E-state index in [1.165, 1.54) is 16.7 Å². The van der Waals surface area contributed by atoms with E-state index >= 15 is 0 Å². The second kappa shape index (κ2) is 6.07. The predicted molar refractivity (Wildman–Crippen MR) is 93.0 cm³/mol. The van der Waals surface area contributed by atoms with Crippen molar-refractivity contribution in [3.63, 3.8) is 0 Å². The highest BCUT2D eigenvalue weighted by Crippen LogP contribution is 2.53. The lowest BCUT2D eigenvalue weighted by Crippen LogP contribution is -2.08. The fraction of sp³-hybridized carbons (Fsp3) is 0.273. The largest absolute Gasteiger partial charge is 0.364 e. The molecular formula is C22H20O. The molecule has 1 fully saturated rings. The molecule has 0 spiro atoms. The molecular weight excluding hydrogens is 280 g/mol. The van der Waals surface area contributed by atoms with E-state index < -0.39 is 0 Å². The lowest BCUT2D eigenvalue weighted by atomic mass is 9.84. The Bertz CT molecular complexity index is 776. The van der Waals surface area contributed by atoms with Crippen LogP contribution >= 0.6 is 0 Å². The molecule has 2 aliphatic rings. The molecule has 1 nitrogen and oxygen atoms in total. The van der Waals surface area contributed by atoms with Crippen LogP contribution in [0, 0.1) is 17.8 Å². The van der Waals surface area contributed by atoms with Crippen LogP contribution in [0.4, 0.5) is 0 Å². The number of hydrogen-bond donors (Lipinski definition) is 0. The van der Waals surface area contributed by atoms with E-state index in [0.717, 1.165) is 24.8 Å². The average molecular weight is 300 g/mol. The van der Waals surface area contributed by atoms with Crippen molar-refractivity contribution in [3.05, 3.63) is 83.4 Å². The Labute approximate surface area is 138 Å². The van der Waals surface area contributed by atoms with Gasteiger partial charge >= 0.3 is 0 Å². The number of ether oxygens (including phenoxy) is 1. The van der Waals surface area contributed by atoms with Crippen LogP contribution in [0.5, 0.6) is 0 Å². The molecule has 0 saturated carbocycles. The molecule has 0 aromatic heterocycles. The summed E-state index contributed by atoms with van der Waals surface area (Å²) in [6.45, 7) is 3.77. The second-order valence-electron chi connectivity index (χ2n) is 6.31. The van der Waals surface area contributed by atoms with Crippen LogP contribution < -0.4 is 0 Å². The van der Waals surface area contributed by atoms with Crippen molar-refractivity contribution in [2.24, 2.45) is 5.92 Å². The normalized spacial score (nSPS) is 23.9. The Kier molecular flexibility index (Phi) is 3.77. The van der Waals surface area contributed by atoms with E-state index in [-0.39, 0.29) is 12.2 Å². The quantitative estimate of drug-likeness (QED) is 0.573. The molecule has 2 aliphatic heterocycles. The van der Waals surface area contributed by atoms with Crippen molar-refractivity contribution in [1.29, 1.82) is 0 Å². The first-order chi connectivity index (χ1) is 11.3. The van der Waals surface area contributed by atoms with Crippen LogP contribution in [-0.2, 0) is 11.2 Å². The third kappa shape index (κ3) is 2.71. The standard InChI is InChI=1S/C22H20O/c1-2-3-6-16-9-11-17(12-10-16)13-14-18-15-21-19-7-4-5-8-20(19)22(18)23-21/h2,4-5,7-12,18,21-22H,1,3,6,15H2. The molecule has 0 amide bonds. The van der Waals surface area contributed by atoms with Crippen molar-refractivity contribution in [2.45, 2.75) is 31.5 Å². The third-order valence-electron chi connectivity index (χ3n) is 4.79. The van der Waals surface area contributed by atoms with Gasteiger partial charge in [-0.05, 0) is 48.1 Å². The minimum Gasteiger partial charge on any atom is -0.364 e. The lowest BCUT2D eigenvalue weighted by molar-refractivity contribution is 0.0657. The molecule has 3 unspecified atom stereocenters. The maximum atomic E-state index is 6.10. The van der Waals surface area contributed by atoms with Gasteiger partial charge in [0.2, 0.25) is 0 Å². The van der Waals surface area contributed by atoms with Gasteiger partial charge in [0.05, 0.1) is 18.1 Å². The summed E-state index contributed by atoms with van der Waals surface area (Å²) in [6.07, 6.45) is 5.46. The van der Waals surface area contributed by atoms with Crippen LogP contribution in [0.15, 0.2) is 61.2 Å². The van der Waals surface area contributed by atoms with Crippen LogP contribution in [-0.4, -0.2) is 0 Å². The van der Waals surface area contributed by atoms with Crippen LogP contribution in [0.2, 0.25) is 0 Å². The zero-order valence-corrected chi connectivity index (χ0v) is 13.2. The highest BCUT2D eigenvalue weighted by atomic mass is 16.5. The summed E-state index contributed by atoms with van der Waals surface area (Å²) < 4.78 is 6.10. The van der Waals surface area contributed by atoms with Crippen molar-refractivity contribution >= 4 is 0 Å². The molecule has 0 aliphatic carbocycles. The van der Waals surface area contributed by atoms with Crippen LogP contribution in [0.3, 0.4) is 0 Å². The van der Waals surface area contributed by atoms with Crippen LogP contribution in [0.25, 0.3) is 0 Å². The van der Waals surface area contributed by atoms with Gasteiger partial charge < -0.3 is 4.74 Å². The molecule has 1 heteroatoms. The molecule has 2 aromatic carbocycles. The van der Waals surface area contributed by atoms with Crippen molar-refractivity contribution in [2.75, 3.05) is 0 Å². The topological polar surface area (TPSA) is 9.23 Å². The number of rotatable bonds is 3. The van der Waals surface area contributed by atoms with Gasteiger partial charge in [-0.1, -0.05) is 54.3 Å². The van der Waals surface area contributed by atoms with E-state index in [0.29, 0.717) is 5.92 Å². The van der Waals surface area contributed by atoms with Gasteiger partial charge in [-0.2, -0.15) is 0 Å². The third-order valence-corrected chi connectivity index (χ3v) is 4.79. The first-order valence-electron chi connectivity index (χ1n) is 8.31. The number of benzene rings is 2. The Balaban J connectivity index is 1.48.